The number of rotatable bonds is 1. The van der Waals surface area contributed by atoms with Crippen molar-refractivity contribution in [1.29, 1.82) is 5.26 Å². The molecule has 1 aromatic carbocycles. The third kappa shape index (κ3) is 1.63. The summed E-state index contributed by atoms with van der Waals surface area (Å²) in [6.07, 6.45) is 0. The van der Waals surface area contributed by atoms with E-state index in [1.54, 1.807) is 6.07 Å². The summed E-state index contributed by atoms with van der Waals surface area (Å²) >= 11 is 9.16. The van der Waals surface area contributed by atoms with Crippen LogP contribution in [0.4, 0.5) is 0 Å². The fourth-order valence-corrected chi connectivity index (χ4v) is 1.96. The van der Waals surface area contributed by atoms with Crippen LogP contribution in [0.2, 0.25) is 5.02 Å². The molecule has 3 heteroatoms. The first-order valence-corrected chi connectivity index (χ1v) is 4.94. The Bertz CT molecular complexity index is 341. The standard InChI is InChI=1S/C9H7BrClN/c1-6-2-3-9(11)8(5-12)7(6)4-10/h2-3H,4H2,1H3. The van der Waals surface area contributed by atoms with Crippen LogP contribution in [0, 0.1) is 18.3 Å². The Labute approximate surface area is 85.1 Å². The van der Waals surface area contributed by atoms with Gasteiger partial charge < -0.3 is 0 Å². The second-order valence-electron chi connectivity index (χ2n) is 2.46. The maximum Gasteiger partial charge on any atom is 0.101 e. The first-order chi connectivity index (χ1) is 5.70. The fraction of sp³-hybridized carbons (Fsp3) is 0.222. The highest BCUT2D eigenvalue weighted by molar-refractivity contribution is 9.08. The monoisotopic (exact) mass is 243 g/mol. The molecule has 0 unspecified atom stereocenters. The first kappa shape index (κ1) is 9.57. The van der Waals surface area contributed by atoms with E-state index < -0.39 is 0 Å². The van der Waals surface area contributed by atoms with Crippen LogP contribution in [-0.4, -0.2) is 0 Å². The van der Waals surface area contributed by atoms with E-state index in [1.807, 2.05) is 13.0 Å². The third-order valence-electron chi connectivity index (χ3n) is 1.74. The molecular weight excluding hydrogens is 237 g/mol. The lowest BCUT2D eigenvalue weighted by Gasteiger charge is -2.05. The Balaban J connectivity index is 3.41. The molecule has 62 valence electrons. The van der Waals surface area contributed by atoms with E-state index in [2.05, 4.69) is 22.0 Å². The summed E-state index contributed by atoms with van der Waals surface area (Å²) < 4.78 is 0. The number of benzene rings is 1. The van der Waals surface area contributed by atoms with Gasteiger partial charge in [-0.05, 0) is 24.1 Å². The molecule has 0 bridgehead atoms. The molecular formula is C9H7BrClN. The van der Waals surface area contributed by atoms with Gasteiger partial charge in [-0.3, -0.25) is 0 Å². The number of hydrogen-bond donors (Lipinski definition) is 0. The van der Waals surface area contributed by atoms with Gasteiger partial charge in [0.2, 0.25) is 0 Å². The van der Waals surface area contributed by atoms with Gasteiger partial charge in [-0.2, -0.15) is 5.26 Å². The average Bonchev–Trinajstić information content (AvgIpc) is 2.08. The fourth-order valence-electron chi connectivity index (χ4n) is 1.02. The van der Waals surface area contributed by atoms with Gasteiger partial charge in [0.05, 0.1) is 10.6 Å². The number of alkyl halides is 1. The van der Waals surface area contributed by atoms with Gasteiger partial charge in [0.15, 0.2) is 0 Å². The Morgan fingerprint density at radius 1 is 1.58 bits per heavy atom. The van der Waals surface area contributed by atoms with Crippen molar-refractivity contribution in [2.24, 2.45) is 0 Å². The van der Waals surface area contributed by atoms with Gasteiger partial charge in [0.1, 0.15) is 6.07 Å². The zero-order chi connectivity index (χ0) is 9.14. The maximum atomic E-state index is 8.80. The van der Waals surface area contributed by atoms with Crippen molar-refractivity contribution in [2.75, 3.05) is 0 Å². The number of aryl methyl sites for hydroxylation is 1. The number of nitriles is 1. The van der Waals surface area contributed by atoms with E-state index in [0.717, 1.165) is 11.1 Å². The summed E-state index contributed by atoms with van der Waals surface area (Å²) in [6.45, 7) is 1.97. The highest BCUT2D eigenvalue weighted by Gasteiger charge is 2.07. The van der Waals surface area contributed by atoms with Gasteiger partial charge >= 0.3 is 0 Å². The Morgan fingerprint density at radius 2 is 2.25 bits per heavy atom. The maximum absolute atomic E-state index is 8.80. The molecule has 0 aliphatic heterocycles. The molecule has 0 atom stereocenters. The molecule has 0 N–H and O–H groups in total. The molecule has 0 heterocycles. The van der Waals surface area contributed by atoms with E-state index in [9.17, 15) is 0 Å². The van der Waals surface area contributed by atoms with E-state index in [0.29, 0.717) is 15.9 Å². The Morgan fingerprint density at radius 3 is 2.67 bits per heavy atom. The highest BCUT2D eigenvalue weighted by atomic mass is 79.9. The van der Waals surface area contributed by atoms with Crippen LogP contribution < -0.4 is 0 Å². The number of nitrogens with zero attached hydrogens (tertiary/aromatic N) is 1. The van der Waals surface area contributed by atoms with E-state index in [4.69, 9.17) is 16.9 Å². The molecule has 1 rings (SSSR count). The van der Waals surface area contributed by atoms with Crippen LogP contribution in [0.15, 0.2) is 12.1 Å². The molecule has 0 aliphatic carbocycles. The van der Waals surface area contributed by atoms with Crippen molar-refractivity contribution in [3.63, 3.8) is 0 Å². The largest absolute Gasteiger partial charge is 0.192 e. The van der Waals surface area contributed by atoms with Gasteiger partial charge in [-0.15, -0.1) is 0 Å². The molecule has 0 spiro atoms. The average molecular weight is 245 g/mol. The zero-order valence-electron chi connectivity index (χ0n) is 6.56. The molecule has 0 amide bonds. The SMILES string of the molecule is Cc1ccc(Cl)c(C#N)c1CBr. The molecule has 0 aromatic heterocycles. The highest BCUT2D eigenvalue weighted by Crippen LogP contribution is 2.24. The van der Waals surface area contributed by atoms with E-state index in [-0.39, 0.29) is 0 Å². The smallest absolute Gasteiger partial charge is 0.101 e. The summed E-state index contributed by atoms with van der Waals surface area (Å²) in [4.78, 5) is 0. The molecule has 0 saturated carbocycles. The zero-order valence-corrected chi connectivity index (χ0v) is 8.91. The summed E-state index contributed by atoms with van der Waals surface area (Å²) in [6, 6.07) is 5.76. The van der Waals surface area contributed by atoms with Crippen LogP contribution in [0.3, 0.4) is 0 Å². The van der Waals surface area contributed by atoms with E-state index in [1.165, 1.54) is 0 Å². The topological polar surface area (TPSA) is 23.8 Å². The van der Waals surface area contributed by atoms with E-state index >= 15 is 0 Å². The lowest BCUT2D eigenvalue weighted by molar-refractivity contribution is 1.29. The summed E-state index contributed by atoms with van der Waals surface area (Å²) in [5.74, 6) is 0. The van der Waals surface area contributed by atoms with Crippen molar-refractivity contribution in [3.8, 4) is 6.07 Å². The lowest BCUT2D eigenvalue weighted by Crippen LogP contribution is -1.91. The van der Waals surface area contributed by atoms with Crippen molar-refractivity contribution < 1.29 is 0 Å². The van der Waals surface area contributed by atoms with Crippen molar-refractivity contribution >= 4 is 27.5 Å². The van der Waals surface area contributed by atoms with Crippen molar-refractivity contribution in [2.45, 2.75) is 12.3 Å². The van der Waals surface area contributed by atoms with Gasteiger partial charge in [-0.1, -0.05) is 33.6 Å². The van der Waals surface area contributed by atoms with Gasteiger partial charge in [0.25, 0.3) is 0 Å². The summed E-state index contributed by atoms with van der Waals surface area (Å²) in [5, 5.41) is 9.99. The molecule has 0 saturated heterocycles. The van der Waals surface area contributed by atoms with Crippen LogP contribution >= 0.6 is 27.5 Å². The van der Waals surface area contributed by atoms with Crippen LogP contribution in [-0.2, 0) is 5.33 Å². The second kappa shape index (κ2) is 3.93. The molecule has 1 aromatic rings. The van der Waals surface area contributed by atoms with Crippen LogP contribution in [0.5, 0.6) is 0 Å². The molecule has 0 aliphatic rings. The molecule has 0 fully saturated rings. The minimum atomic E-state index is 0.526. The lowest BCUT2D eigenvalue weighted by atomic mass is 10.0. The van der Waals surface area contributed by atoms with Crippen LogP contribution in [0.1, 0.15) is 16.7 Å². The normalized spacial score (nSPS) is 9.50. The van der Waals surface area contributed by atoms with Gasteiger partial charge in [0, 0.05) is 5.33 Å². The molecule has 0 radical (unpaired) electrons. The summed E-state index contributed by atoms with van der Waals surface area (Å²) in [7, 11) is 0. The predicted molar refractivity (Wildman–Crippen MR) is 53.5 cm³/mol. The predicted octanol–water partition coefficient (Wildman–Crippen LogP) is 3.42. The van der Waals surface area contributed by atoms with Crippen molar-refractivity contribution in [3.05, 3.63) is 33.8 Å². The summed E-state index contributed by atoms with van der Waals surface area (Å²) in [5.41, 5.74) is 2.64. The van der Waals surface area contributed by atoms with Crippen LogP contribution in [0.25, 0.3) is 0 Å². The number of hydrogen-bond acceptors (Lipinski definition) is 1. The first-order valence-electron chi connectivity index (χ1n) is 3.44. The third-order valence-corrected chi connectivity index (χ3v) is 2.62. The van der Waals surface area contributed by atoms with Crippen molar-refractivity contribution in [1.82, 2.24) is 0 Å². The molecule has 12 heavy (non-hydrogen) atoms. The number of halogens is 2. The quantitative estimate of drug-likeness (QED) is 0.695. The Kier molecular flexibility index (Phi) is 3.13. The minimum absolute atomic E-state index is 0.526. The Hall–Kier alpha value is -0.520. The van der Waals surface area contributed by atoms with Gasteiger partial charge in [-0.25, -0.2) is 0 Å². The minimum Gasteiger partial charge on any atom is -0.192 e. The second-order valence-corrected chi connectivity index (χ2v) is 3.43. The molecule has 1 nitrogen and oxygen atoms in total.